The summed E-state index contributed by atoms with van der Waals surface area (Å²) in [5.41, 5.74) is -0.709. The van der Waals surface area contributed by atoms with Crippen LogP contribution in [0.5, 0.6) is 5.88 Å². The summed E-state index contributed by atoms with van der Waals surface area (Å²) in [6.07, 6.45) is 2.96. The molecule has 6 heteroatoms. The predicted octanol–water partition coefficient (Wildman–Crippen LogP) is 1.82. The van der Waals surface area contributed by atoms with E-state index in [9.17, 15) is 4.79 Å². The Morgan fingerprint density at radius 1 is 1.56 bits per heavy atom. The zero-order valence-corrected chi connectivity index (χ0v) is 10.9. The Morgan fingerprint density at radius 2 is 2.25 bits per heavy atom. The van der Waals surface area contributed by atoms with Gasteiger partial charge in [0.25, 0.3) is 0 Å². The number of hydrogen-bond donors (Lipinski definition) is 0. The lowest BCUT2D eigenvalue weighted by Crippen LogP contribution is -2.32. The lowest BCUT2D eigenvalue weighted by molar-refractivity contribution is -0.152. The van der Waals surface area contributed by atoms with Gasteiger partial charge in [0, 0.05) is 6.20 Å². The molecule has 0 atom stereocenters. The van der Waals surface area contributed by atoms with Crippen molar-refractivity contribution < 1.29 is 14.3 Å². The number of rotatable bonds is 4. The predicted molar refractivity (Wildman–Crippen MR) is 61.0 cm³/mol. The molecule has 0 aromatic carbocycles. The van der Waals surface area contributed by atoms with Crippen molar-refractivity contribution >= 4 is 21.9 Å². The maximum atomic E-state index is 11.4. The molecule has 0 aliphatic rings. The van der Waals surface area contributed by atoms with Crippen molar-refractivity contribution in [3.05, 3.63) is 17.0 Å². The van der Waals surface area contributed by atoms with Gasteiger partial charge in [-0.25, -0.2) is 9.97 Å². The summed E-state index contributed by atoms with van der Waals surface area (Å²) in [7, 11) is 1.35. The molecule has 0 radical (unpaired) electrons. The molecule has 0 N–H and O–H groups in total. The summed E-state index contributed by atoms with van der Waals surface area (Å²) in [6.45, 7) is 3.68. The van der Waals surface area contributed by atoms with Crippen LogP contribution in [0.3, 0.4) is 0 Å². The van der Waals surface area contributed by atoms with Crippen molar-refractivity contribution in [1.82, 2.24) is 9.97 Å². The second kappa shape index (κ2) is 5.25. The van der Waals surface area contributed by atoms with E-state index in [0.29, 0.717) is 10.4 Å². The third-order valence-electron chi connectivity index (χ3n) is 1.94. The van der Waals surface area contributed by atoms with Crippen LogP contribution in [0.1, 0.15) is 13.8 Å². The van der Waals surface area contributed by atoms with Crippen LogP contribution in [0.2, 0.25) is 0 Å². The van der Waals surface area contributed by atoms with Crippen LogP contribution >= 0.6 is 15.9 Å². The van der Waals surface area contributed by atoms with Gasteiger partial charge in [0.15, 0.2) is 0 Å². The van der Waals surface area contributed by atoms with Crippen LogP contribution in [0, 0.1) is 5.41 Å². The molecule has 1 heterocycles. The molecule has 1 rings (SSSR count). The van der Waals surface area contributed by atoms with E-state index in [2.05, 4.69) is 30.6 Å². The zero-order valence-electron chi connectivity index (χ0n) is 9.36. The summed E-state index contributed by atoms with van der Waals surface area (Å²) in [4.78, 5) is 19.1. The highest BCUT2D eigenvalue weighted by Crippen LogP contribution is 2.23. The van der Waals surface area contributed by atoms with Crippen LogP contribution in [0.15, 0.2) is 17.0 Å². The lowest BCUT2D eigenvalue weighted by atomic mass is 9.95. The molecule has 16 heavy (non-hydrogen) atoms. The molecule has 1 aromatic rings. The molecule has 0 bridgehead atoms. The fourth-order valence-corrected chi connectivity index (χ4v) is 1.33. The van der Waals surface area contributed by atoms with E-state index in [0.717, 1.165) is 0 Å². The minimum atomic E-state index is -0.709. The van der Waals surface area contributed by atoms with Gasteiger partial charge < -0.3 is 9.47 Å². The summed E-state index contributed by atoms with van der Waals surface area (Å²) < 4.78 is 10.7. The van der Waals surface area contributed by atoms with Crippen LogP contribution in [0.25, 0.3) is 0 Å². The first kappa shape index (κ1) is 12.9. The van der Waals surface area contributed by atoms with Crippen LogP contribution in [-0.2, 0) is 9.53 Å². The first-order valence-corrected chi connectivity index (χ1v) is 5.43. The van der Waals surface area contributed by atoms with Crippen molar-refractivity contribution in [2.24, 2.45) is 5.41 Å². The number of carbonyl (C=O) groups is 1. The van der Waals surface area contributed by atoms with Crippen LogP contribution < -0.4 is 4.74 Å². The molecule has 0 saturated heterocycles. The largest absolute Gasteiger partial charge is 0.476 e. The Hall–Kier alpha value is -1.17. The molecule has 0 amide bonds. The first-order valence-electron chi connectivity index (χ1n) is 4.64. The summed E-state index contributed by atoms with van der Waals surface area (Å²) >= 11 is 3.25. The second-order valence-corrected chi connectivity index (χ2v) is 4.69. The second-order valence-electron chi connectivity index (χ2n) is 3.84. The Bertz CT molecular complexity index is 382. The number of hydrogen-bond acceptors (Lipinski definition) is 5. The van der Waals surface area contributed by atoms with Gasteiger partial charge in [-0.15, -0.1) is 0 Å². The average molecular weight is 289 g/mol. The normalized spacial score (nSPS) is 11.0. The number of methoxy groups -OCH3 is 1. The number of ether oxygens (including phenoxy) is 2. The van der Waals surface area contributed by atoms with Crippen molar-refractivity contribution in [3.63, 3.8) is 0 Å². The average Bonchev–Trinajstić information content (AvgIpc) is 2.27. The number of carbonyl (C=O) groups excluding carboxylic acids is 1. The van der Waals surface area contributed by atoms with E-state index in [1.165, 1.54) is 13.4 Å². The fraction of sp³-hybridized carbons (Fsp3) is 0.500. The highest BCUT2D eigenvalue weighted by atomic mass is 79.9. The molecule has 0 aliphatic heterocycles. The molecule has 0 aliphatic carbocycles. The Morgan fingerprint density at radius 3 is 2.81 bits per heavy atom. The zero-order chi connectivity index (χ0) is 12.2. The summed E-state index contributed by atoms with van der Waals surface area (Å²) in [6, 6.07) is 0. The Labute approximate surface area is 102 Å². The van der Waals surface area contributed by atoms with E-state index in [4.69, 9.17) is 4.74 Å². The Balaban J connectivity index is 2.65. The molecular weight excluding hydrogens is 276 g/mol. The van der Waals surface area contributed by atoms with Gasteiger partial charge in [0.1, 0.15) is 12.9 Å². The smallest absolute Gasteiger partial charge is 0.314 e. The molecule has 0 unspecified atom stereocenters. The third kappa shape index (κ3) is 3.16. The van der Waals surface area contributed by atoms with E-state index >= 15 is 0 Å². The van der Waals surface area contributed by atoms with Crippen LogP contribution in [-0.4, -0.2) is 29.7 Å². The SMILES string of the molecule is COC(=O)C(C)(C)COc1ncncc1Br. The maximum Gasteiger partial charge on any atom is 0.314 e. The number of halogens is 1. The molecule has 0 saturated carbocycles. The summed E-state index contributed by atoms with van der Waals surface area (Å²) in [5, 5.41) is 0. The van der Waals surface area contributed by atoms with E-state index < -0.39 is 5.41 Å². The summed E-state index contributed by atoms with van der Waals surface area (Å²) in [5.74, 6) is 0.0876. The number of esters is 1. The third-order valence-corrected chi connectivity index (χ3v) is 2.49. The molecule has 0 fully saturated rings. The number of aromatic nitrogens is 2. The highest BCUT2D eigenvalue weighted by molar-refractivity contribution is 9.10. The minimum Gasteiger partial charge on any atom is -0.476 e. The van der Waals surface area contributed by atoms with Crippen molar-refractivity contribution in [3.8, 4) is 5.88 Å². The lowest BCUT2D eigenvalue weighted by Gasteiger charge is -2.21. The van der Waals surface area contributed by atoms with Gasteiger partial charge in [-0.2, -0.15) is 0 Å². The Kier molecular flexibility index (Phi) is 4.23. The van der Waals surface area contributed by atoms with Crippen molar-refractivity contribution in [1.29, 1.82) is 0 Å². The van der Waals surface area contributed by atoms with Crippen molar-refractivity contribution in [2.45, 2.75) is 13.8 Å². The molecule has 0 spiro atoms. The van der Waals surface area contributed by atoms with Gasteiger partial charge in [-0.3, -0.25) is 4.79 Å². The molecule has 1 aromatic heterocycles. The van der Waals surface area contributed by atoms with E-state index in [1.807, 2.05) is 0 Å². The van der Waals surface area contributed by atoms with Crippen molar-refractivity contribution in [2.75, 3.05) is 13.7 Å². The maximum absolute atomic E-state index is 11.4. The molecular formula is C10H13BrN2O3. The molecule has 5 nitrogen and oxygen atoms in total. The van der Waals surface area contributed by atoms with E-state index in [-0.39, 0.29) is 12.6 Å². The van der Waals surface area contributed by atoms with Gasteiger partial charge in [0.2, 0.25) is 5.88 Å². The van der Waals surface area contributed by atoms with E-state index in [1.54, 1.807) is 20.0 Å². The van der Waals surface area contributed by atoms with Gasteiger partial charge in [-0.1, -0.05) is 0 Å². The van der Waals surface area contributed by atoms with Gasteiger partial charge in [0.05, 0.1) is 17.0 Å². The fourth-order valence-electron chi connectivity index (χ4n) is 0.992. The molecule has 88 valence electrons. The number of nitrogens with zero attached hydrogens (tertiary/aromatic N) is 2. The minimum absolute atomic E-state index is 0.190. The monoisotopic (exact) mass is 288 g/mol. The van der Waals surface area contributed by atoms with Gasteiger partial charge in [-0.05, 0) is 29.8 Å². The topological polar surface area (TPSA) is 61.3 Å². The standard InChI is InChI=1S/C10H13BrN2O3/c1-10(2,9(14)15-3)5-16-8-7(11)4-12-6-13-8/h4,6H,5H2,1-3H3. The highest BCUT2D eigenvalue weighted by Gasteiger charge is 2.30. The van der Waals surface area contributed by atoms with Gasteiger partial charge >= 0.3 is 5.97 Å². The first-order chi connectivity index (χ1) is 7.47. The van der Waals surface area contributed by atoms with Crippen LogP contribution in [0.4, 0.5) is 0 Å². The quantitative estimate of drug-likeness (QED) is 0.791.